The number of carbonyl (C=O) groups excluding carboxylic acids is 1. The molecule has 1 saturated carbocycles. The number of anilines is 2. The molecule has 12 heteroatoms. The second kappa shape index (κ2) is 12.4. The summed E-state index contributed by atoms with van der Waals surface area (Å²) >= 11 is 0. The lowest BCUT2D eigenvalue weighted by atomic mass is 9.86. The number of ether oxygens (including phenoxy) is 1. The Balaban J connectivity index is 1.33. The fraction of sp³-hybridized carbons (Fsp3) is 0.571. The van der Waals surface area contributed by atoms with Crippen LogP contribution in [-0.4, -0.2) is 75.5 Å². The summed E-state index contributed by atoms with van der Waals surface area (Å²) in [7, 11) is 0. The topological polar surface area (TPSA) is 117 Å². The highest BCUT2D eigenvalue weighted by atomic mass is 19.3. The van der Waals surface area contributed by atoms with Gasteiger partial charge in [-0.2, -0.15) is 9.97 Å². The fourth-order valence-electron chi connectivity index (χ4n) is 5.34. The molecule has 3 heterocycles. The standard InChI is InChI=1S/C28H37F2N7O3/c1-17(2)24(38)27(39)32-19-9-7-18(8-10-19)16-31-28-34-22(36-11-13-40-14-12-36)15-23(35-28)37-21-6-4-3-5-20(21)33-26(37)25(29)30/h3-6,15,17-19,24-25,38H,7-14,16H2,1-2H3,(H,32,39)(H,31,34,35). The molecule has 1 amide bonds. The summed E-state index contributed by atoms with van der Waals surface area (Å²) in [5, 5.41) is 16.3. The molecule has 0 spiro atoms. The van der Waals surface area contributed by atoms with Crippen molar-refractivity contribution in [3.05, 3.63) is 36.2 Å². The number of rotatable bonds is 9. The third-order valence-corrected chi connectivity index (χ3v) is 7.69. The molecular formula is C28H37F2N7O3. The van der Waals surface area contributed by atoms with Crippen LogP contribution in [-0.2, 0) is 9.53 Å². The van der Waals surface area contributed by atoms with E-state index in [2.05, 4.69) is 25.5 Å². The van der Waals surface area contributed by atoms with E-state index in [9.17, 15) is 18.7 Å². The molecule has 1 saturated heterocycles. The minimum absolute atomic E-state index is 0.0481. The van der Waals surface area contributed by atoms with Gasteiger partial charge in [0.2, 0.25) is 11.9 Å². The molecule has 5 rings (SSSR count). The Morgan fingerprint density at radius 1 is 1.07 bits per heavy atom. The quantitative estimate of drug-likeness (QED) is 0.365. The van der Waals surface area contributed by atoms with Crippen LogP contribution in [0.25, 0.3) is 16.9 Å². The van der Waals surface area contributed by atoms with Gasteiger partial charge in [0.05, 0.1) is 24.2 Å². The molecule has 1 aliphatic carbocycles. The molecule has 2 aliphatic rings. The van der Waals surface area contributed by atoms with Crippen molar-refractivity contribution in [3.63, 3.8) is 0 Å². The summed E-state index contributed by atoms with van der Waals surface area (Å²) in [4.78, 5) is 27.9. The number of carbonyl (C=O) groups is 1. The maximum absolute atomic E-state index is 14.1. The van der Waals surface area contributed by atoms with Crippen molar-refractivity contribution >= 4 is 28.7 Å². The first-order valence-electron chi connectivity index (χ1n) is 14.0. The van der Waals surface area contributed by atoms with Gasteiger partial charge in [-0.25, -0.2) is 13.8 Å². The van der Waals surface area contributed by atoms with E-state index in [1.807, 2.05) is 13.8 Å². The summed E-state index contributed by atoms with van der Waals surface area (Å²) in [5.74, 6) is 0.882. The Hall–Kier alpha value is -3.38. The maximum Gasteiger partial charge on any atom is 0.296 e. The van der Waals surface area contributed by atoms with E-state index in [4.69, 9.17) is 9.72 Å². The van der Waals surface area contributed by atoms with Gasteiger partial charge in [0, 0.05) is 31.7 Å². The number of imidazole rings is 1. The Bertz CT molecular complexity index is 1300. The van der Waals surface area contributed by atoms with E-state index < -0.39 is 12.5 Å². The van der Waals surface area contributed by atoms with Crippen LogP contribution >= 0.6 is 0 Å². The number of fused-ring (bicyclic) bond motifs is 1. The number of aromatic nitrogens is 4. The Morgan fingerprint density at radius 2 is 1.77 bits per heavy atom. The highest BCUT2D eigenvalue weighted by molar-refractivity contribution is 5.81. The zero-order chi connectivity index (χ0) is 28.2. The molecule has 3 N–H and O–H groups in total. The molecule has 10 nitrogen and oxygen atoms in total. The summed E-state index contributed by atoms with van der Waals surface area (Å²) in [6, 6.07) is 8.82. The molecule has 40 heavy (non-hydrogen) atoms. The minimum atomic E-state index is -2.78. The lowest BCUT2D eigenvalue weighted by Crippen LogP contribution is -2.45. The van der Waals surface area contributed by atoms with Crippen molar-refractivity contribution in [2.75, 3.05) is 43.1 Å². The molecule has 1 aromatic carbocycles. The molecule has 3 aromatic rings. The molecule has 0 bridgehead atoms. The molecule has 0 radical (unpaired) electrons. The second-order valence-corrected chi connectivity index (χ2v) is 10.9. The monoisotopic (exact) mass is 557 g/mol. The van der Waals surface area contributed by atoms with Gasteiger partial charge in [-0.15, -0.1) is 0 Å². The van der Waals surface area contributed by atoms with Crippen LogP contribution in [0.15, 0.2) is 30.3 Å². The molecule has 1 aliphatic heterocycles. The average Bonchev–Trinajstić information content (AvgIpc) is 3.37. The van der Waals surface area contributed by atoms with E-state index in [0.717, 1.165) is 25.7 Å². The normalized spacial score (nSPS) is 20.7. The number of benzene rings is 1. The van der Waals surface area contributed by atoms with Crippen LogP contribution in [0.2, 0.25) is 0 Å². The number of hydrogen-bond acceptors (Lipinski definition) is 8. The van der Waals surface area contributed by atoms with Gasteiger partial charge in [-0.1, -0.05) is 26.0 Å². The van der Waals surface area contributed by atoms with Gasteiger partial charge in [0.1, 0.15) is 17.7 Å². The second-order valence-electron chi connectivity index (χ2n) is 10.9. The van der Waals surface area contributed by atoms with E-state index >= 15 is 0 Å². The van der Waals surface area contributed by atoms with Crippen LogP contribution in [0, 0.1) is 11.8 Å². The van der Waals surface area contributed by atoms with Crippen LogP contribution in [0.5, 0.6) is 0 Å². The highest BCUT2D eigenvalue weighted by Crippen LogP contribution is 2.30. The zero-order valence-corrected chi connectivity index (χ0v) is 22.9. The number of aliphatic hydroxyl groups is 1. The van der Waals surface area contributed by atoms with Gasteiger partial charge in [-0.05, 0) is 49.7 Å². The fourth-order valence-corrected chi connectivity index (χ4v) is 5.34. The number of morpholine rings is 1. The molecule has 1 unspecified atom stereocenters. The van der Waals surface area contributed by atoms with Crippen molar-refractivity contribution in [1.82, 2.24) is 24.8 Å². The van der Waals surface area contributed by atoms with Crippen LogP contribution in [0.1, 0.15) is 51.8 Å². The predicted molar refractivity (Wildman–Crippen MR) is 148 cm³/mol. The number of halogens is 2. The van der Waals surface area contributed by atoms with Crippen molar-refractivity contribution in [2.24, 2.45) is 11.8 Å². The number of para-hydroxylation sites is 2. The molecule has 2 aromatic heterocycles. The Labute approximate surface area is 232 Å². The maximum atomic E-state index is 14.1. The molecule has 216 valence electrons. The minimum Gasteiger partial charge on any atom is -0.383 e. The third kappa shape index (κ3) is 6.33. The summed E-state index contributed by atoms with van der Waals surface area (Å²) < 4.78 is 35.1. The lowest BCUT2D eigenvalue weighted by Gasteiger charge is -2.30. The lowest BCUT2D eigenvalue weighted by molar-refractivity contribution is -0.132. The highest BCUT2D eigenvalue weighted by Gasteiger charge is 2.27. The van der Waals surface area contributed by atoms with E-state index in [1.165, 1.54) is 4.57 Å². The van der Waals surface area contributed by atoms with Crippen LogP contribution < -0.4 is 15.5 Å². The number of nitrogens with zero attached hydrogens (tertiary/aromatic N) is 5. The first-order chi connectivity index (χ1) is 19.3. The van der Waals surface area contributed by atoms with E-state index in [-0.39, 0.29) is 23.7 Å². The largest absolute Gasteiger partial charge is 0.383 e. The number of alkyl halides is 2. The van der Waals surface area contributed by atoms with Gasteiger partial charge in [0.15, 0.2) is 5.82 Å². The predicted octanol–water partition coefficient (Wildman–Crippen LogP) is 3.69. The first-order valence-corrected chi connectivity index (χ1v) is 14.0. The summed E-state index contributed by atoms with van der Waals surface area (Å²) in [5.41, 5.74) is 1.03. The van der Waals surface area contributed by atoms with Crippen molar-refractivity contribution in [3.8, 4) is 5.82 Å². The SMILES string of the molecule is CC(C)C(O)C(=O)NC1CCC(CNc2nc(N3CCOCC3)cc(-n3c(C(F)F)nc4ccccc43)n2)CC1. The number of aliphatic hydroxyl groups excluding tert-OH is 1. The van der Waals surface area contributed by atoms with Gasteiger partial charge in [-0.3, -0.25) is 9.36 Å². The van der Waals surface area contributed by atoms with Crippen molar-refractivity contribution in [1.29, 1.82) is 0 Å². The first kappa shape index (κ1) is 28.2. The third-order valence-electron chi connectivity index (χ3n) is 7.69. The number of nitrogens with one attached hydrogen (secondary N) is 2. The summed E-state index contributed by atoms with van der Waals surface area (Å²) in [6.07, 6.45) is -0.338. The van der Waals surface area contributed by atoms with E-state index in [1.54, 1.807) is 30.3 Å². The number of hydrogen-bond donors (Lipinski definition) is 3. The van der Waals surface area contributed by atoms with Crippen molar-refractivity contribution in [2.45, 2.75) is 58.1 Å². The van der Waals surface area contributed by atoms with Crippen LogP contribution in [0.3, 0.4) is 0 Å². The van der Waals surface area contributed by atoms with Gasteiger partial charge >= 0.3 is 0 Å². The molecule has 1 atom stereocenters. The van der Waals surface area contributed by atoms with Crippen LogP contribution in [0.4, 0.5) is 20.5 Å². The van der Waals surface area contributed by atoms with Gasteiger partial charge in [0.25, 0.3) is 6.43 Å². The molecular weight excluding hydrogens is 520 g/mol. The van der Waals surface area contributed by atoms with Gasteiger partial charge < -0.3 is 25.4 Å². The molecule has 2 fully saturated rings. The average molecular weight is 558 g/mol. The number of amides is 1. The smallest absolute Gasteiger partial charge is 0.296 e. The Kier molecular flexibility index (Phi) is 8.75. The van der Waals surface area contributed by atoms with Crippen molar-refractivity contribution < 1.29 is 23.4 Å². The zero-order valence-electron chi connectivity index (χ0n) is 22.9. The summed E-state index contributed by atoms with van der Waals surface area (Å²) in [6.45, 7) is 6.66. The Morgan fingerprint density at radius 3 is 2.48 bits per heavy atom. The van der Waals surface area contributed by atoms with E-state index in [0.29, 0.717) is 67.4 Å².